The van der Waals surface area contributed by atoms with Crippen LogP contribution >= 0.6 is 0 Å². The van der Waals surface area contributed by atoms with E-state index in [-0.39, 0.29) is 19.2 Å². The Hall–Kier alpha value is -2.80. The van der Waals surface area contributed by atoms with Crippen LogP contribution in [-0.4, -0.2) is 49.3 Å². The molecule has 6 nitrogen and oxygen atoms in total. The summed E-state index contributed by atoms with van der Waals surface area (Å²) in [7, 11) is 1.50. The number of rotatable bonds is 8. The molecule has 3 N–H and O–H groups in total. The fourth-order valence-electron chi connectivity index (χ4n) is 4.71. The van der Waals surface area contributed by atoms with E-state index in [1.807, 2.05) is 6.07 Å². The summed E-state index contributed by atoms with van der Waals surface area (Å²) in [4.78, 5) is 27.9. The number of hydrogen-bond donors (Lipinski definition) is 2. The number of aryl methyl sites for hydroxylation is 2. The fourth-order valence-corrected chi connectivity index (χ4v) is 4.71. The first-order valence-corrected chi connectivity index (χ1v) is 12.8. The third kappa shape index (κ3) is 10.1. The topological polar surface area (TPSA) is 88.3 Å². The summed E-state index contributed by atoms with van der Waals surface area (Å²) in [6.45, 7) is 4.83. The van der Waals surface area contributed by atoms with Crippen molar-refractivity contribution in [2.45, 2.75) is 71.6 Å². The molecule has 0 spiro atoms. The lowest BCUT2D eigenvalue weighted by Gasteiger charge is -2.31. The van der Waals surface area contributed by atoms with E-state index in [1.165, 1.54) is 49.7 Å². The molecule has 1 saturated heterocycles. The minimum Gasteiger partial charge on any atom is -0.370 e. The maximum absolute atomic E-state index is 13.3. The molecule has 1 fully saturated rings. The van der Waals surface area contributed by atoms with E-state index in [0.29, 0.717) is 12.3 Å². The number of amides is 1. The highest BCUT2D eigenvalue weighted by Crippen LogP contribution is 2.31. The summed E-state index contributed by atoms with van der Waals surface area (Å²) in [6, 6.07) is 10.9. The van der Waals surface area contributed by atoms with Gasteiger partial charge in [0.15, 0.2) is 0 Å². The fraction of sp³-hybridized carbons (Fsp3) is 0.552. The summed E-state index contributed by atoms with van der Waals surface area (Å²) in [5.41, 5.74) is 8.00. The van der Waals surface area contributed by atoms with Crippen LogP contribution in [0.2, 0.25) is 0 Å². The Labute approximate surface area is 216 Å². The van der Waals surface area contributed by atoms with Crippen molar-refractivity contribution in [1.29, 1.82) is 0 Å². The predicted molar refractivity (Wildman–Crippen MR) is 147 cm³/mol. The average molecular weight is 501 g/mol. The van der Waals surface area contributed by atoms with Gasteiger partial charge in [-0.2, -0.15) is 0 Å². The molecule has 0 bridgehead atoms. The van der Waals surface area contributed by atoms with Crippen LogP contribution in [-0.2, 0) is 22.4 Å². The number of benzene rings is 1. The van der Waals surface area contributed by atoms with Gasteiger partial charge < -0.3 is 20.7 Å². The Morgan fingerprint density at radius 1 is 1.19 bits per heavy atom. The molecule has 2 aliphatic rings. The number of halogens is 1. The Bertz CT molecular complexity index is 901. The van der Waals surface area contributed by atoms with E-state index in [2.05, 4.69) is 35.1 Å². The number of carbonyl (C=O) groups is 2. The van der Waals surface area contributed by atoms with Crippen LogP contribution in [0.25, 0.3) is 0 Å². The molecule has 3 heterocycles. The summed E-state index contributed by atoms with van der Waals surface area (Å²) >= 11 is 0. The summed E-state index contributed by atoms with van der Waals surface area (Å²) in [5.74, 6) is 1.45. The van der Waals surface area contributed by atoms with Crippen molar-refractivity contribution in [1.82, 2.24) is 9.88 Å². The first-order valence-electron chi connectivity index (χ1n) is 12.8. The van der Waals surface area contributed by atoms with Gasteiger partial charge in [0.1, 0.15) is 17.9 Å². The molecular weight excluding hydrogens is 455 g/mol. The number of nitrogens with two attached hydrogens (primary N) is 1. The van der Waals surface area contributed by atoms with Crippen molar-refractivity contribution in [3.63, 3.8) is 0 Å². The minimum absolute atomic E-state index is 0. The lowest BCUT2D eigenvalue weighted by molar-refractivity contribution is -0.119. The average Bonchev–Trinajstić information content (AvgIpc) is 2.90. The largest absolute Gasteiger partial charge is 0.370 e. The summed E-state index contributed by atoms with van der Waals surface area (Å²) < 4.78 is 13.3. The van der Waals surface area contributed by atoms with Gasteiger partial charge in [0.2, 0.25) is 6.41 Å². The molecule has 1 unspecified atom stereocenters. The second kappa shape index (κ2) is 17.6. The highest BCUT2D eigenvalue weighted by molar-refractivity contribution is 5.51. The minimum atomic E-state index is -0.255. The van der Waals surface area contributed by atoms with Crippen molar-refractivity contribution >= 4 is 18.5 Å². The molecule has 2 aliphatic heterocycles. The summed E-state index contributed by atoms with van der Waals surface area (Å²) in [5, 5.41) is 3.35. The summed E-state index contributed by atoms with van der Waals surface area (Å²) in [6.07, 6.45) is 9.73. The van der Waals surface area contributed by atoms with Gasteiger partial charge in [-0.1, -0.05) is 39.0 Å². The molecule has 7 heteroatoms. The van der Waals surface area contributed by atoms with Crippen LogP contribution in [0.15, 0.2) is 36.4 Å². The van der Waals surface area contributed by atoms with Gasteiger partial charge in [-0.15, -0.1) is 0 Å². The second-order valence-electron chi connectivity index (χ2n) is 9.07. The Balaban J connectivity index is 0.000000351. The molecule has 2 aromatic rings. The van der Waals surface area contributed by atoms with Crippen molar-refractivity contribution in [2.24, 2.45) is 11.7 Å². The third-order valence-corrected chi connectivity index (χ3v) is 6.57. The van der Waals surface area contributed by atoms with Crippen molar-refractivity contribution in [3.8, 4) is 0 Å². The lowest BCUT2D eigenvalue weighted by atomic mass is 9.82. The quantitative estimate of drug-likeness (QED) is 0.477. The number of hydrogen-bond acceptors (Lipinski definition) is 5. The molecule has 0 aliphatic carbocycles. The van der Waals surface area contributed by atoms with Crippen LogP contribution in [0.3, 0.4) is 0 Å². The molecule has 1 atom stereocenters. The number of aromatic nitrogens is 1. The monoisotopic (exact) mass is 500 g/mol. The number of piperidine rings is 1. The van der Waals surface area contributed by atoms with Crippen molar-refractivity contribution in [3.05, 3.63) is 59.0 Å². The molecular formula is C29H45FN4O2. The zero-order chi connectivity index (χ0) is 25.5. The molecule has 1 amide bonds. The van der Waals surface area contributed by atoms with Gasteiger partial charge in [0.25, 0.3) is 0 Å². The van der Waals surface area contributed by atoms with Gasteiger partial charge in [-0.05, 0) is 86.7 Å². The zero-order valence-electron chi connectivity index (χ0n) is 21.2. The predicted octanol–water partition coefficient (Wildman–Crippen LogP) is 5.36. The smallest absolute Gasteiger partial charge is 0.209 e. The Kier molecular flexibility index (Phi) is 15.3. The normalized spacial score (nSPS) is 15.4. The molecule has 1 aromatic heterocycles. The second-order valence-corrected chi connectivity index (χ2v) is 9.07. The number of anilines is 1. The Morgan fingerprint density at radius 3 is 2.58 bits per heavy atom. The van der Waals surface area contributed by atoms with E-state index >= 15 is 0 Å². The van der Waals surface area contributed by atoms with E-state index < -0.39 is 0 Å². The number of likely N-dealkylation sites (tertiary alicyclic amines) is 1. The maximum Gasteiger partial charge on any atom is 0.209 e. The SMILES string of the molecule is C.CCCc1ccc2c(n1)NCCC2.CN.O=CCC(CC1CCN(C=O)CC1)c1cccc(F)c1. The van der Waals surface area contributed by atoms with Crippen molar-refractivity contribution < 1.29 is 14.0 Å². The molecule has 36 heavy (non-hydrogen) atoms. The number of fused-ring (bicyclic) bond motifs is 1. The number of pyridine rings is 1. The van der Waals surface area contributed by atoms with Gasteiger partial charge in [0.05, 0.1) is 0 Å². The molecule has 4 rings (SSSR count). The zero-order valence-corrected chi connectivity index (χ0v) is 21.2. The highest BCUT2D eigenvalue weighted by atomic mass is 19.1. The Morgan fingerprint density at radius 2 is 1.94 bits per heavy atom. The van der Waals surface area contributed by atoms with Crippen LogP contribution in [0.5, 0.6) is 0 Å². The van der Waals surface area contributed by atoms with E-state index in [9.17, 15) is 14.0 Å². The van der Waals surface area contributed by atoms with Gasteiger partial charge in [-0.25, -0.2) is 9.37 Å². The number of carbonyl (C=O) groups excluding carboxylic acids is 2. The van der Waals surface area contributed by atoms with Gasteiger partial charge >= 0.3 is 0 Å². The molecule has 200 valence electrons. The standard InChI is InChI=1S/C16H20FNO2.C11H16N2.CH5N.CH4/c17-16-3-1-2-14(11-16)15(6-9-19)10-13-4-7-18(12-20)8-5-13;1-2-4-10-7-6-9-5-3-8-12-11(9)13-10;1-2;/h1-3,9,11-13,15H,4-8,10H2;6-7H,2-5,8H2,1H3,(H,12,13);2H2,1H3;1H4. The first kappa shape index (κ1) is 31.2. The molecule has 1 aromatic carbocycles. The molecule has 0 saturated carbocycles. The lowest BCUT2D eigenvalue weighted by Crippen LogP contribution is -2.33. The van der Waals surface area contributed by atoms with Crippen molar-refractivity contribution in [2.75, 3.05) is 32.0 Å². The molecule has 0 radical (unpaired) electrons. The van der Waals surface area contributed by atoms with Crippen LogP contribution in [0.4, 0.5) is 10.2 Å². The van der Waals surface area contributed by atoms with Gasteiger partial charge in [0, 0.05) is 31.7 Å². The number of aldehydes is 1. The van der Waals surface area contributed by atoms with E-state index in [1.54, 1.807) is 11.0 Å². The van der Waals surface area contributed by atoms with Gasteiger partial charge in [-0.3, -0.25) is 4.79 Å². The highest BCUT2D eigenvalue weighted by Gasteiger charge is 2.22. The maximum atomic E-state index is 13.3. The number of nitrogens with zero attached hydrogens (tertiary/aromatic N) is 2. The van der Waals surface area contributed by atoms with E-state index in [4.69, 9.17) is 0 Å². The first-order chi connectivity index (χ1) is 17.1. The third-order valence-electron chi connectivity index (χ3n) is 6.57. The van der Waals surface area contributed by atoms with E-state index in [0.717, 1.165) is 69.4 Å². The van der Waals surface area contributed by atoms with Crippen LogP contribution in [0, 0.1) is 11.7 Å². The number of nitrogens with one attached hydrogen (secondary N) is 1. The van der Waals surface area contributed by atoms with Crippen LogP contribution < -0.4 is 11.1 Å². The van der Waals surface area contributed by atoms with Crippen LogP contribution in [0.1, 0.15) is 75.6 Å².